The van der Waals surface area contributed by atoms with Crippen molar-refractivity contribution in [1.29, 1.82) is 0 Å². The lowest BCUT2D eigenvalue weighted by Crippen LogP contribution is -2.42. The van der Waals surface area contributed by atoms with Gasteiger partial charge in [-0.3, -0.25) is 4.90 Å². The highest BCUT2D eigenvalue weighted by atomic mass is 32.1. The minimum atomic E-state index is 0.433. The van der Waals surface area contributed by atoms with E-state index in [2.05, 4.69) is 20.4 Å². The van der Waals surface area contributed by atoms with Gasteiger partial charge < -0.3 is 10.1 Å². The lowest BCUT2D eigenvalue weighted by Gasteiger charge is -2.25. The second-order valence-corrected chi connectivity index (χ2v) is 6.70. The fourth-order valence-corrected chi connectivity index (χ4v) is 3.89. The molecule has 2 fully saturated rings. The van der Waals surface area contributed by atoms with Crippen LogP contribution in [0.2, 0.25) is 0 Å². The van der Waals surface area contributed by atoms with Crippen molar-refractivity contribution in [3.8, 4) is 0 Å². The van der Waals surface area contributed by atoms with Crippen LogP contribution in [0.5, 0.6) is 0 Å². The number of nitrogens with zero attached hydrogens (tertiary/aromatic N) is 5. The molecule has 114 valence electrons. The molecule has 0 unspecified atom stereocenters. The van der Waals surface area contributed by atoms with Gasteiger partial charge in [-0.2, -0.15) is 9.61 Å². The Labute approximate surface area is 127 Å². The molecule has 2 saturated heterocycles. The number of aromatic nitrogens is 4. The highest BCUT2D eigenvalue weighted by Crippen LogP contribution is 2.27. The number of nitrogens with one attached hydrogen (secondary N) is 1. The van der Waals surface area contributed by atoms with Gasteiger partial charge in [0.15, 0.2) is 5.82 Å². The van der Waals surface area contributed by atoms with Crippen LogP contribution < -0.4 is 5.32 Å². The molecule has 0 radical (unpaired) electrons. The van der Waals surface area contributed by atoms with Crippen molar-refractivity contribution < 1.29 is 4.74 Å². The number of rotatable bonds is 3. The summed E-state index contributed by atoms with van der Waals surface area (Å²) in [6, 6.07) is 0. The first-order chi connectivity index (χ1) is 10.4. The summed E-state index contributed by atoms with van der Waals surface area (Å²) in [7, 11) is 0. The van der Waals surface area contributed by atoms with E-state index in [-0.39, 0.29) is 0 Å². The Morgan fingerprint density at radius 2 is 2.00 bits per heavy atom. The van der Waals surface area contributed by atoms with Crippen molar-refractivity contribution in [2.24, 2.45) is 0 Å². The van der Waals surface area contributed by atoms with Crippen molar-refractivity contribution in [1.82, 2.24) is 30.0 Å². The normalized spacial score (nSPS) is 22.1. The fourth-order valence-electron chi connectivity index (χ4n) is 3.01. The van der Waals surface area contributed by atoms with Crippen LogP contribution in [0.3, 0.4) is 0 Å². The smallest absolute Gasteiger partial charge is 0.234 e. The van der Waals surface area contributed by atoms with Crippen LogP contribution in [0.15, 0.2) is 0 Å². The van der Waals surface area contributed by atoms with Crippen LogP contribution in [0.4, 0.5) is 0 Å². The maximum absolute atomic E-state index is 5.43. The highest BCUT2D eigenvalue weighted by molar-refractivity contribution is 7.16. The first-order valence-electron chi connectivity index (χ1n) is 7.62. The summed E-state index contributed by atoms with van der Waals surface area (Å²) in [5, 5.41) is 17.9. The first-order valence-corrected chi connectivity index (χ1v) is 8.43. The van der Waals surface area contributed by atoms with E-state index in [0.717, 1.165) is 74.6 Å². The number of hydrogen-bond donors (Lipinski definition) is 1. The van der Waals surface area contributed by atoms with Crippen LogP contribution in [-0.4, -0.2) is 64.1 Å². The zero-order chi connectivity index (χ0) is 14.1. The van der Waals surface area contributed by atoms with Crippen LogP contribution in [0.1, 0.15) is 29.6 Å². The van der Waals surface area contributed by atoms with Crippen molar-refractivity contribution in [3.63, 3.8) is 0 Å². The summed E-state index contributed by atoms with van der Waals surface area (Å²) < 4.78 is 7.38. The Morgan fingerprint density at radius 3 is 2.81 bits per heavy atom. The van der Waals surface area contributed by atoms with E-state index in [1.54, 1.807) is 11.3 Å². The van der Waals surface area contributed by atoms with E-state index in [1.807, 2.05) is 4.52 Å². The zero-order valence-corrected chi connectivity index (χ0v) is 12.8. The minimum Gasteiger partial charge on any atom is -0.381 e. The Balaban J connectivity index is 1.53. The molecule has 2 aromatic rings. The van der Waals surface area contributed by atoms with Crippen molar-refractivity contribution in [2.45, 2.75) is 25.3 Å². The molecule has 2 aliphatic rings. The first kappa shape index (κ1) is 13.6. The van der Waals surface area contributed by atoms with Gasteiger partial charge >= 0.3 is 0 Å². The van der Waals surface area contributed by atoms with Gasteiger partial charge in [-0.1, -0.05) is 11.3 Å². The van der Waals surface area contributed by atoms with Crippen molar-refractivity contribution >= 4 is 16.3 Å². The van der Waals surface area contributed by atoms with E-state index < -0.39 is 0 Å². The summed E-state index contributed by atoms with van der Waals surface area (Å²) in [4.78, 5) is 3.36. The van der Waals surface area contributed by atoms with Gasteiger partial charge in [0.05, 0.1) is 6.54 Å². The molecule has 0 atom stereocenters. The molecule has 0 aliphatic carbocycles. The van der Waals surface area contributed by atoms with E-state index in [1.165, 1.54) is 0 Å². The number of hydrogen-bond acceptors (Lipinski definition) is 7. The third-order valence-corrected chi connectivity index (χ3v) is 5.10. The summed E-state index contributed by atoms with van der Waals surface area (Å²) in [5.41, 5.74) is 0. The quantitative estimate of drug-likeness (QED) is 0.890. The highest BCUT2D eigenvalue weighted by Gasteiger charge is 2.23. The minimum absolute atomic E-state index is 0.433. The molecule has 21 heavy (non-hydrogen) atoms. The van der Waals surface area contributed by atoms with Gasteiger partial charge in [-0.15, -0.1) is 10.2 Å². The van der Waals surface area contributed by atoms with Gasteiger partial charge in [0.25, 0.3) is 0 Å². The molecule has 0 aromatic carbocycles. The largest absolute Gasteiger partial charge is 0.381 e. The Morgan fingerprint density at radius 1 is 1.19 bits per heavy atom. The van der Waals surface area contributed by atoms with Gasteiger partial charge in [-0.25, -0.2) is 0 Å². The average Bonchev–Trinajstić information content (AvgIpc) is 3.09. The maximum atomic E-state index is 5.43. The third-order valence-electron chi connectivity index (χ3n) is 4.21. The van der Waals surface area contributed by atoms with Gasteiger partial charge in [0.2, 0.25) is 4.96 Å². The molecule has 2 aliphatic heterocycles. The molecule has 8 heteroatoms. The molecule has 1 N–H and O–H groups in total. The summed E-state index contributed by atoms with van der Waals surface area (Å²) in [5.74, 6) is 1.44. The van der Waals surface area contributed by atoms with Crippen LogP contribution in [0, 0.1) is 0 Å². The maximum Gasteiger partial charge on any atom is 0.234 e. The second-order valence-electron chi connectivity index (χ2n) is 5.66. The van der Waals surface area contributed by atoms with Crippen LogP contribution in [0.25, 0.3) is 4.96 Å². The van der Waals surface area contributed by atoms with E-state index in [0.29, 0.717) is 5.92 Å². The molecule has 4 heterocycles. The van der Waals surface area contributed by atoms with E-state index >= 15 is 0 Å². The molecule has 2 aromatic heterocycles. The molecular weight excluding hydrogens is 288 g/mol. The Kier molecular flexibility index (Phi) is 3.85. The molecule has 0 saturated carbocycles. The molecule has 4 rings (SSSR count). The van der Waals surface area contributed by atoms with Gasteiger partial charge in [-0.05, 0) is 12.8 Å². The third kappa shape index (κ3) is 2.80. The lowest BCUT2D eigenvalue weighted by atomic mass is 10.00. The zero-order valence-electron chi connectivity index (χ0n) is 12.0. The Hall–Kier alpha value is -1.09. The number of ether oxygens (including phenoxy) is 1. The summed E-state index contributed by atoms with van der Waals surface area (Å²) in [6.45, 7) is 6.87. The predicted molar refractivity (Wildman–Crippen MR) is 79.6 cm³/mol. The standard InChI is InChI=1S/C13H20N6OS/c1-7-20-8-2-10(1)12-15-16-13-19(12)17-11(21-13)9-18-5-3-14-4-6-18/h10,14H,1-9H2. The SMILES string of the molecule is C1CN(Cc2nn3c(C4CCOCC4)nnc3s2)CCN1. The van der Waals surface area contributed by atoms with E-state index in [4.69, 9.17) is 9.84 Å². The average molecular weight is 308 g/mol. The molecule has 0 spiro atoms. The molecular formula is C13H20N6OS. The number of fused-ring (bicyclic) bond motifs is 1. The molecule has 0 bridgehead atoms. The summed E-state index contributed by atoms with van der Waals surface area (Å²) >= 11 is 1.66. The van der Waals surface area contributed by atoms with Gasteiger partial charge in [0.1, 0.15) is 5.01 Å². The molecule has 7 nitrogen and oxygen atoms in total. The second kappa shape index (κ2) is 5.96. The fraction of sp³-hybridized carbons (Fsp3) is 0.769. The topological polar surface area (TPSA) is 67.6 Å². The number of piperazine rings is 1. The summed E-state index contributed by atoms with van der Waals surface area (Å²) in [6.07, 6.45) is 2.04. The lowest BCUT2D eigenvalue weighted by molar-refractivity contribution is 0.0831. The van der Waals surface area contributed by atoms with E-state index in [9.17, 15) is 0 Å². The Bertz CT molecular complexity index is 599. The van der Waals surface area contributed by atoms with Crippen molar-refractivity contribution in [3.05, 3.63) is 10.8 Å². The van der Waals surface area contributed by atoms with Crippen LogP contribution in [-0.2, 0) is 11.3 Å². The monoisotopic (exact) mass is 308 g/mol. The van der Waals surface area contributed by atoms with Gasteiger partial charge in [0, 0.05) is 45.3 Å². The molecule has 0 amide bonds. The van der Waals surface area contributed by atoms with Crippen molar-refractivity contribution in [2.75, 3.05) is 39.4 Å². The van der Waals surface area contributed by atoms with Crippen LogP contribution >= 0.6 is 11.3 Å². The predicted octanol–water partition coefficient (Wildman–Crippen LogP) is 0.485.